The Labute approximate surface area is 213 Å². The molecule has 4 aromatic carbocycles. The van der Waals surface area contributed by atoms with Crippen molar-refractivity contribution in [1.29, 1.82) is 0 Å². The summed E-state index contributed by atoms with van der Waals surface area (Å²) < 4.78 is 6.58. The Morgan fingerprint density at radius 2 is 1.44 bits per heavy atom. The van der Waals surface area contributed by atoms with E-state index in [4.69, 9.17) is 9.72 Å². The highest BCUT2D eigenvalue weighted by atomic mass is 32.1. The summed E-state index contributed by atoms with van der Waals surface area (Å²) >= 11 is 1.45. The molecule has 0 unspecified atom stereocenters. The Morgan fingerprint density at radius 1 is 0.806 bits per heavy atom. The zero-order chi connectivity index (χ0) is 24.9. The number of hydrogen-bond donors (Lipinski definition) is 0. The molecule has 1 aromatic heterocycles. The lowest BCUT2D eigenvalue weighted by Gasteiger charge is -2.20. The highest BCUT2D eigenvalue weighted by Crippen LogP contribution is 2.33. The molecule has 0 aliphatic heterocycles. The van der Waals surface area contributed by atoms with Crippen LogP contribution in [-0.2, 0) is 6.54 Å². The van der Waals surface area contributed by atoms with Crippen LogP contribution in [0.2, 0.25) is 0 Å². The van der Waals surface area contributed by atoms with E-state index in [2.05, 4.69) is 0 Å². The number of fused-ring (bicyclic) bond motifs is 1. The van der Waals surface area contributed by atoms with E-state index in [0.29, 0.717) is 35.0 Å². The lowest BCUT2D eigenvalue weighted by Crippen LogP contribution is -2.30. The minimum absolute atomic E-state index is 0.0768. The normalized spacial score (nSPS) is 10.8. The third-order valence-electron chi connectivity index (χ3n) is 5.75. The van der Waals surface area contributed by atoms with E-state index >= 15 is 0 Å². The molecule has 5 aromatic rings. The molecule has 1 amide bonds. The van der Waals surface area contributed by atoms with E-state index in [-0.39, 0.29) is 11.7 Å². The van der Waals surface area contributed by atoms with E-state index in [1.54, 1.807) is 41.3 Å². The molecule has 0 aliphatic carbocycles. The van der Waals surface area contributed by atoms with Gasteiger partial charge in [0.05, 0.1) is 23.4 Å². The quantitative estimate of drug-likeness (QED) is 0.224. The number of rotatable bonds is 8. The van der Waals surface area contributed by atoms with Crippen LogP contribution in [0.5, 0.6) is 5.75 Å². The molecular weight excluding hydrogens is 468 g/mol. The third kappa shape index (κ3) is 5.04. The second kappa shape index (κ2) is 10.5. The molecule has 178 valence electrons. The highest BCUT2D eigenvalue weighted by molar-refractivity contribution is 7.22. The summed E-state index contributed by atoms with van der Waals surface area (Å²) in [5.74, 6) is 0.522. The van der Waals surface area contributed by atoms with Gasteiger partial charge in [-0.05, 0) is 42.8 Å². The first-order valence-corrected chi connectivity index (χ1v) is 12.5. The van der Waals surface area contributed by atoms with Gasteiger partial charge in [-0.15, -0.1) is 0 Å². The molecule has 0 atom stereocenters. The number of benzene rings is 4. The van der Waals surface area contributed by atoms with Crippen LogP contribution < -0.4 is 9.64 Å². The summed E-state index contributed by atoms with van der Waals surface area (Å²) in [6, 6.07) is 31.5. The number of amides is 1. The first kappa shape index (κ1) is 23.5. The molecule has 5 rings (SSSR count). The molecule has 0 spiro atoms. The monoisotopic (exact) mass is 492 g/mol. The number of anilines is 1. The van der Waals surface area contributed by atoms with Crippen molar-refractivity contribution in [3.63, 3.8) is 0 Å². The Morgan fingerprint density at radius 3 is 2.14 bits per heavy atom. The molecule has 0 N–H and O–H groups in total. The van der Waals surface area contributed by atoms with E-state index in [1.165, 1.54) is 11.3 Å². The van der Waals surface area contributed by atoms with Gasteiger partial charge in [0.25, 0.3) is 5.91 Å². The Bertz CT molecular complexity index is 1500. The summed E-state index contributed by atoms with van der Waals surface area (Å²) in [5, 5.41) is 0.608. The van der Waals surface area contributed by atoms with E-state index in [1.807, 2.05) is 73.7 Å². The van der Waals surface area contributed by atoms with Crippen molar-refractivity contribution in [2.75, 3.05) is 11.5 Å². The van der Waals surface area contributed by atoms with E-state index in [0.717, 1.165) is 21.5 Å². The van der Waals surface area contributed by atoms with Gasteiger partial charge in [0.15, 0.2) is 10.9 Å². The topological polar surface area (TPSA) is 59.5 Å². The predicted octanol–water partition coefficient (Wildman–Crippen LogP) is 6.77. The predicted molar refractivity (Wildman–Crippen MR) is 144 cm³/mol. The van der Waals surface area contributed by atoms with Crippen molar-refractivity contribution in [1.82, 2.24) is 4.98 Å². The van der Waals surface area contributed by atoms with Crippen LogP contribution in [0, 0.1) is 0 Å². The molecule has 36 heavy (non-hydrogen) atoms. The lowest BCUT2D eigenvalue weighted by molar-refractivity contribution is 0.0982. The fourth-order valence-corrected chi connectivity index (χ4v) is 4.92. The van der Waals surface area contributed by atoms with Crippen molar-refractivity contribution >= 4 is 38.4 Å². The number of nitrogens with zero attached hydrogens (tertiary/aromatic N) is 2. The minimum atomic E-state index is -0.179. The van der Waals surface area contributed by atoms with Gasteiger partial charge in [-0.2, -0.15) is 0 Å². The Balaban J connectivity index is 1.47. The Hall–Kier alpha value is -4.29. The SMILES string of the molecule is CCOc1ccc2nc(N(Cc3ccccc3)C(=O)c3ccc(C(=O)c4ccccc4)cc3)sc2c1. The fourth-order valence-electron chi connectivity index (χ4n) is 3.93. The Kier molecular flexibility index (Phi) is 6.87. The molecule has 6 heteroatoms. The molecule has 5 nitrogen and oxygen atoms in total. The number of carbonyl (C=O) groups is 2. The van der Waals surface area contributed by atoms with Crippen LogP contribution in [0.3, 0.4) is 0 Å². The summed E-state index contributed by atoms with van der Waals surface area (Å²) in [7, 11) is 0. The summed E-state index contributed by atoms with van der Waals surface area (Å²) in [6.45, 7) is 2.91. The van der Waals surface area contributed by atoms with Crippen LogP contribution in [0.15, 0.2) is 103 Å². The number of hydrogen-bond acceptors (Lipinski definition) is 5. The number of carbonyl (C=O) groups excluding carboxylic acids is 2. The van der Waals surface area contributed by atoms with Crippen LogP contribution in [0.1, 0.15) is 38.8 Å². The maximum absolute atomic E-state index is 13.7. The van der Waals surface area contributed by atoms with E-state index in [9.17, 15) is 9.59 Å². The minimum Gasteiger partial charge on any atom is -0.494 e. The second-order valence-corrected chi connectivity index (χ2v) is 9.22. The van der Waals surface area contributed by atoms with Crippen LogP contribution >= 0.6 is 11.3 Å². The van der Waals surface area contributed by atoms with Crippen molar-refractivity contribution in [3.05, 3.63) is 125 Å². The molecule has 0 aliphatic rings. The maximum atomic E-state index is 13.7. The van der Waals surface area contributed by atoms with Crippen molar-refractivity contribution in [3.8, 4) is 5.75 Å². The second-order valence-electron chi connectivity index (χ2n) is 8.21. The standard InChI is InChI=1S/C30H24N2O3S/c1-2-35-25-17-18-26-27(19-25)36-30(31-26)32(20-21-9-5-3-6-10-21)29(34)24-15-13-23(14-16-24)28(33)22-11-7-4-8-12-22/h3-19H,2,20H2,1H3. The van der Waals surface area contributed by atoms with Gasteiger partial charge in [0.2, 0.25) is 0 Å². The van der Waals surface area contributed by atoms with Crippen LogP contribution in [0.25, 0.3) is 10.2 Å². The average molecular weight is 493 g/mol. The van der Waals surface area contributed by atoms with Crippen LogP contribution in [0.4, 0.5) is 5.13 Å². The smallest absolute Gasteiger partial charge is 0.260 e. The van der Waals surface area contributed by atoms with Gasteiger partial charge in [-0.1, -0.05) is 84.1 Å². The molecule has 0 fully saturated rings. The molecule has 0 bridgehead atoms. The molecular formula is C30H24N2O3S. The van der Waals surface area contributed by atoms with Gasteiger partial charge >= 0.3 is 0 Å². The molecule has 0 saturated heterocycles. The lowest BCUT2D eigenvalue weighted by atomic mass is 10.0. The number of ketones is 1. The first-order chi connectivity index (χ1) is 17.6. The molecule has 0 saturated carbocycles. The fraction of sp³-hybridized carbons (Fsp3) is 0.100. The van der Waals surface area contributed by atoms with Gasteiger partial charge in [-0.25, -0.2) is 4.98 Å². The summed E-state index contributed by atoms with van der Waals surface area (Å²) in [6.07, 6.45) is 0. The first-order valence-electron chi connectivity index (χ1n) is 11.7. The highest BCUT2D eigenvalue weighted by Gasteiger charge is 2.22. The van der Waals surface area contributed by atoms with Gasteiger partial charge < -0.3 is 4.74 Å². The molecule has 0 radical (unpaired) electrons. The third-order valence-corrected chi connectivity index (χ3v) is 6.79. The maximum Gasteiger partial charge on any atom is 0.260 e. The van der Waals surface area contributed by atoms with Gasteiger partial charge in [-0.3, -0.25) is 14.5 Å². The van der Waals surface area contributed by atoms with Crippen LogP contribution in [-0.4, -0.2) is 23.3 Å². The van der Waals surface area contributed by atoms with Crippen molar-refractivity contribution in [2.45, 2.75) is 13.5 Å². The summed E-state index contributed by atoms with van der Waals surface area (Å²) in [4.78, 5) is 33.0. The number of thiazole rings is 1. The van der Waals surface area contributed by atoms with Crippen molar-refractivity contribution in [2.24, 2.45) is 0 Å². The zero-order valence-corrected chi connectivity index (χ0v) is 20.6. The van der Waals surface area contributed by atoms with Gasteiger partial charge in [0.1, 0.15) is 5.75 Å². The average Bonchev–Trinajstić information content (AvgIpc) is 3.35. The zero-order valence-electron chi connectivity index (χ0n) is 19.8. The van der Waals surface area contributed by atoms with E-state index < -0.39 is 0 Å². The summed E-state index contributed by atoms with van der Waals surface area (Å²) in [5.41, 5.74) is 3.45. The van der Waals surface area contributed by atoms with Crippen molar-refractivity contribution < 1.29 is 14.3 Å². The molecule has 1 heterocycles. The largest absolute Gasteiger partial charge is 0.494 e. The number of aromatic nitrogens is 1. The van der Waals surface area contributed by atoms with Gasteiger partial charge in [0, 0.05) is 16.7 Å². The number of ether oxygens (including phenoxy) is 1.